The van der Waals surface area contributed by atoms with Crippen molar-refractivity contribution < 1.29 is 18.1 Å². The number of hydrogen-bond donors (Lipinski definition) is 1. The van der Waals surface area contributed by atoms with E-state index in [1.807, 2.05) is 0 Å². The van der Waals surface area contributed by atoms with Crippen molar-refractivity contribution in [3.63, 3.8) is 0 Å². The molecule has 0 unspecified atom stereocenters. The van der Waals surface area contributed by atoms with Crippen molar-refractivity contribution in [3.8, 4) is 0 Å². The highest BCUT2D eigenvalue weighted by atomic mass is 35.5. The van der Waals surface area contributed by atoms with Crippen LogP contribution in [0.4, 0.5) is 11.4 Å². The number of carbonyl (C=O) groups excluding carboxylic acids is 1. The standard InChI is InChI=1S/C19H20ClN3O5S/c1-3-22(4-2)29(27,28)18-13-15(9-10-17(18)20)21-19(24)11-8-14-6-5-7-16(12-14)23(25)26/h5-13H,3-4H2,1-2H3,(H,21,24). The molecule has 2 rings (SSSR count). The molecule has 29 heavy (non-hydrogen) atoms. The van der Waals surface area contributed by atoms with Crippen LogP contribution in [0.2, 0.25) is 5.02 Å². The van der Waals surface area contributed by atoms with Crippen molar-refractivity contribution in [2.45, 2.75) is 18.7 Å². The van der Waals surface area contributed by atoms with Gasteiger partial charge in [-0.25, -0.2) is 8.42 Å². The maximum Gasteiger partial charge on any atom is 0.270 e. The molecule has 10 heteroatoms. The van der Waals surface area contributed by atoms with E-state index in [-0.39, 0.29) is 34.4 Å². The Morgan fingerprint density at radius 1 is 1.21 bits per heavy atom. The van der Waals surface area contributed by atoms with E-state index in [4.69, 9.17) is 11.6 Å². The molecule has 0 saturated heterocycles. The molecule has 0 aliphatic heterocycles. The van der Waals surface area contributed by atoms with Crippen molar-refractivity contribution in [3.05, 3.63) is 69.2 Å². The van der Waals surface area contributed by atoms with E-state index in [9.17, 15) is 23.3 Å². The molecule has 0 fully saturated rings. The average Bonchev–Trinajstić information content (AvgIpc) is 2.68. The Morgan fingerprint density at radius 2 is 1.90 bits per heavy atom. The number of rotatable bonds is 8. The number of anilines is 1. The number of amides is 1. The van der Waals surface area contributed by atoms with Gasteiger partial charge in [-0.3, -0.25) is 14.9 Å². The molecule has 0 saturated carbocycles. The summed E-state index contributed by atoms with van der Waals surface area (Å²) in [7, 11) is -3.79. The van der Waals surface area contributed by atoms with Crippen LogP contribution in [0.25, 0.3) is 6.08 Å². The fraction of sp³-hybridized carbons (Fsp3) is 0.211. The second-order valence-corrected chi connectivity index (χ2v) is 8.22. The number of nitrogens with zero attached hydrogens (tertiary/aromatic N) is 2. The number of nitro benzene ring substituents is 1. The second-order valence-electron chi connectivity index (χ2n) is 5.91. The molecule has 0 aliphatic rings. The van der Waals surface area contributed by atoms with Gasteiger partial charge in [0.05, 0.1) is 9.95 Å². The Labute approximate surface area is 174 Å². The summed E-state index contributed by atoms with van der Waals surface area (Å²) in [4.78, 5) is 22.4. The van der Waals surface area contributed by atoms with Crippen LogP contribution in [-0.4, -0.2) is 36.6 Å². The fourth-order valence-electron chi connectivity index (χ4n) is 2.58. The van der Waals surface area contributed by atoms with Crippen LogP contribution in [0.5, 0.6) is 0 Å². The number of non-ortho nitro benzene ring substituents is 1. The van der Waals surface area contributed by atoms with E-state index >= 15 is 0 Å². The normalized spacial score (nSPS) is 11.7. The van der Waals surface area contributed by atoms with E-state index in [0.717, 1.165) is 0 Å². The summed E-state index contributed by atoms with van der Waals surface area (Å²) in [6.45, 7) is 4.02. The van der Waals surface area contributed by atoms with Crippen molar-refractivity contribution in [1.29, 1.82) is 0 Å². The largest absolute Gasteiger partial charge is 0.322 e. The van der Waals surface area contributed by atoms with Crippen molar-refractivity contribution in [2.75, 3.05) is 18.4 Å². The molecule has 0 atom stereocenters. The smallest absolute Gasteiger partial charge is 0.270 e. The maximum absolute atomic E-state index is 12.7. The van der Waals surface area contributed by atoms with Gasteiger partial charge in [-0.2, -0.15) is 4.31 Å². The number of nitrogens with one attached hydrogen (secondary N) is 1. The highest BCUT2D eigenvalue weighted by molar-refractivity contribution is 7.89. The molecule has 8 nitrogen and oxygen atoms in total. The van der Waals surface area contributed by atoms with E-state index in [1.54, 1.807) is 19.9 Å². The van der Waals surface area contributed by atoms with Gasteiger partial charge in [0, 0.05) is 37.0 Å². The SMILES string of the molecule is CCN(CC)S(=O)(=O)c1cc(NC(=O)C=Cc2cccc([N+](=O)[O-])c2)ccc1Cl. The van der Waals surface area contributed by atoms with Gasteiger partial charge in [-0.05, 0) is 29.8 Å². The average molecular weight is 438 g/mol. The predicted molar refractivity (Wildman–Crippen MR) is 112 cm³/mol. The summed E-state index contributed by atoms with van der Waals surface area (Å²) < 4.78 is 26.7. The first-order valence-electron chi connectivity index (χ1n) is 8.72. The zero-order valence-electron chi connectivity index (χ0n) is 15.8. The second kappa shape index (κ2) is 9.64. The van der Waals surface area contributed by atoms with Crippen LogP contribution in [0.3, 0.4) is 0 Å². The van der Waals surface area contributed by atoms with Crippen molar-refractivity contribution >= 4 is 45.0 Å². The molecule has 1 amide bonds. The summed E-state index contributed by atoms with van der Waals surface area (Å²) in [5.41, 5.74) is 0.653. The van der Waals surface area contributed by atoms with Gasteiger partial charge in [0.2, 0.25) is 15.9 Å². The van der Waals surface area contributed by atoms with Crippen LogP contribution >= 0.6 is 11.6 Å². The Balaban J connectivity index is 2.21. The van der Waals surface area contributed by atoms with Crippen LogP contribution in [0.15, 0.2) is 53.4 Å². The minimum atomic E-state index is -3.79. The van der Waals surface area contributed by atoms with Crippen molar-refractivity contribution in [1.82, 2.24) is 4.31 Å². The van der Waals surface area contributed by atoms with Crippen LogP contribution in [0.1, 0.15) is 19.4 Å². The van der Waals surface area contributed by atoms with Gasteiger partial charge in [0.25, 0.3) is 5.69 Å². The minimum absolute atomic E-state index is 0.0574. The fourth-order valence-corrected chi connectivity index (χ4v) is 4.54. The molecule has 0 aliphatic carbocycles. The molecule has 0 heterocycles. The van der Waals surface area contributed by atoms with Gasteiger partial charge in [-0.1, -0.05) is 37.6 Å². The lowest BCUT2D eigenvalue weighted by atomic mass is 10.2. The summed E-state index contributed by atoms with van der Waals surface area (Å²) in [6, 6.07) is 10.0. The lowest BCUT2D eigenvalue weighted by molar-refractivity contribution is -0.384. The van der Waals surface area contributed by atoms with Gasteiger partial charge < -0.3 is 5.32 Å². The molecular formula is C19H20ClN3O5S. The summed E-state index contributed by atoms with van der Waals surface area (Å²) in [5.74, 6) is -0.523. The number of hydrogen-bond acceptors (Lipinski definition) is 5. The number of sulfonamides is 1. The molecule has 2 aromatic rings. The summed E-state index contributed by atoms with van der Waals surface area (Å²) in [5, 5.41) is 13.4. The zero-order chi connectivity index (χ0) is 21.6. The molecule has 0 radical (unpaired) electrons. The number of nitro groups is 1. The first-order valence-corrected chi connectivity index (χ1v) is 10.5. The minimum Gasteiger partial charge on any atom is -0.322 e. The van der Waals surface area contributed by atoms with Gasteiger partial charge in [0.1, 0.15) is 4.90 Å². The Kier molecular flexibility index (Phi) is 7.49. The highest BCUT2D eigenvalue weighted by Crippen LogP contribution is 2.27. The van der Waals surface area contributed by atoms with Gasteiger partial charge in [-0.15, -0.1) is 0 Å². The van der Waals surface area contributed by atoms with Gasteiger partial charge >= 0.3 is 0 Å². The maximum atomic E-state index is 12.7. The first-order chi connectivity index (χ1) is 13.7. The molecule has 1 N–H and O–H groups in total. The van der Waals surface area contributed by atoms with E-state index in [2.05, 4.69) is 5.32 Å². The summed E-state index contributed by atoms with van der Waals surface area (Å²) in [6.07, 6.45) is 2.62. The van der Waals surface area contributed by atoms with Gasteiger partial charge in [0.15, 0.2) is 0 Å². The molecule has 0 spiro atoms. The Hall–Kier alpha value is -2.75. The zero-order valence-corrected chi connectivity index (χ0v) is 17.4. The van der Waals surface area contributed by atoms with E-state index in [0.29, 0.717) is 5.56 Å². The van der Waals surface area contributed by atoms with Crippen LogP contribution in [0, 0.1) is 10.1 Å². The monoisotopic (exact) mass is 437 g/mol. The quantitative estimate of drug-likeness (QED) is 0.382. The summed E-state index contributed by atoms with van der Waals surface area (Å²) >= 11 is 6.07. The third kappa shape index (κ3) is 5.63. The van der Waals surface area contributed by atoms with Crippen LogP contribution in [-0.2, 0) is 14.8 Å². The predicted octanol–water partition coefficient (Wildman–Crippen LogP) is 3.93. The molecular weight excluding hydrogens is 418 g/mol. The molecule has 154 valence electrons. The topological polar surface area (TPSA) is 110 Å². The molecule has 0 bridgehead atoms. The Morgan fingerprint density at radius 3 is 2.52 bits per heavy atom. The van der Waals surface area contributed by atoms with Crippen molar-refractivity contribution in [2.24, 2.45) is 0 Å². The van der Waals surface area contributed by atoms with E-state index < -0.39 is 20.9 Å². The Bertz CT molecular complexity index is 1050. The molecule has 2 aromatic carbocycles. The molecule has 0 aromatic heterocycles. The van der Waals surface area contributed by atoms with Crippen LogP contribution < -0.4 is 5.32 Å². The lowest BCUT2D eigenvalue weighted by Crippen LogP contribution is -2.30. The third-order valence-corrected chi connectivity index (χ3v) is 6.56. The number of halogens is 1. The lowest BCUT2D eigenvalue weighted by Gasteiger charge is -2.19. The number of carbonyl (C=O) groups is 1. The first kappa shape index (κ1) is 22.5. The highest BCUT2D eigenvalue weighted by Gasteiger charge is 2.24. The van der Waals surface area contributed by atoms with E-state index in [1.165, 1.54) is 52.9 Å². The number of benzene rings is 2. The third-order valence-electron chi connectivity index (χ3n) is 4.03.